The van der Waals surface area contributed by atoms with E-state index in [0.717, 1.165) is 43.6 Å². The molecule has 3 saturated heterocycles. The monoisotopic (exact) mass is 828 g/mol. The number of alkyl carbamates (subject to hydrolysis) is 1. The van der Waals surface area contributed by atoms with Crippen molar-refractivity contribution in [1.29, 1.82) is 0 Å². The van der Waals surface area contributed by atoms with Gasteiger partial charge >= 0.3 is 12.1 Å². The van der Waals surface area contributed by atoms with Crippen molar-refractivity contribution >= 4 is 23.0 Å². The third-order valence-corrected chi connectivity index (χ3v) is 11.2. The van der Waals surface area contributed by atoms with Crippen LogP contribution in [0.5, 0.6) is 11.5 Å². The smallest absolute Gasteiger partial charge is 0.408 e. The van der Waals surface area contributed by atoms with Crippen molar-refractivity contribution in [3.63, 3.8) is 0 Å². The van der Waals surface area contributed by atoms with Crippen molar-refractivity contribution in [2.24, 2.45) is 5.92 Å². The molecule has 316 valence electrons. The molecule has 5 heterocycles. The number of unbranched alkanes of at least 4 members (excludes halogenated alkanes) is 1. The number of carbonyl (C=O) groups is 2. The summed E-state index contributed by atoms with van der Waals surface area (Å²) in [4.78, 5) is 47.0. The van der Waals surface area contributed by atoms with Gasteiger partial charge in [0.25, 0.3) is 5.89 Å². The molecule has 9 rings (SSSR count). The maximum atomic E-state index is 13.2. The number of aromatic amines is 1. The Kier molecular flexibility index (Phi) is 13.0. The SMILES string of the molecule is O=C(NC(c1ccccc1)c1cccc(OCc2nc(-c3ccc(C(=O)OCCCCNC[C@@H](O)c4ccc(O)c5[nH]c(=O)ccc45)cc3)no2)c1)O[C@H]1CN2CCC1CC2. The molecule has 0 radical (unpaired) electrons. The molecule has 0 saturated carbocycles. The second-order valence-electron chi connectivity index (χ2n) is 15.4. The number of nitrogens with zero attached hydrogens (tertiary/aromatic N) is 3. The fraction of sp³-hybridized carbons (Fsp3) is 0.326. The Labute approximate surface area is 351 Å². The van der Waals surface area contributed by atoms with Gasteiger partial charge in [-0.3, -0.25) is 9.69 Å². The van der Waals surface area contributed by atoms with Crippen molar-refractivity contribution in [3.8, 4) is 22.9 Å². The predicted molar refractivity (Wildman–Crippen MR) is 225 cm³/mol. The van der Waals surface area contributed by atoms with E-state index in [-0.39, 0.29) is 48.6 Å². The third-order valence-electron chi connectivity index (χ3n) is 11.2. The number of hydrogen-bond acceptors (Lipinski definition) is 13. The van der Waals surface area contributed by atoms with Gasteiger partial charge in [-0.15, -0.1) is 0 Å². The first-order valence-electron chi connectivity index (χ1n) is 20.6. The van der Waals surface area contributed by atoms with Crippen LogP contribution in [0.3, 0.4) is 0 Å². The summed E-state index contributed by atoms with van der Waals surface area (Å²) >= 11 is 0. The number of hydrogen-bond donors (Lipinski definition) is 5. The van der Waals surface area contributed by atoms with E-state index in [1.54, 1.807) is 36.4 Å². The van der Waals surface area contributed by atoms with Crippen LogP contribution in [-0.4, -0.2) is 87.7 Å². The lowest BCUT2D eigenvalue weighted by Crippen LogP contribution is -2.52. The van der Waals surface area contributed by atoms with Crippen molar-refractivity contribution in [3.05, 3.63) is 142 Å². The summed E-state index contributed by atoms with van der Waals surface area (Å²) in [5.41, 5.74) is 3.31. The van der Waals surface area contributed by atoms with Gasteiger partial charge in [-0.2, -0.15) is 4.98 Å². The van der Waals surface area contributed by atoms with Gasteiger partial charge in [0.2, 0.25) is 11.4 Å². The number of rotatable bonds is 17. The topological polar surface area (TPSA) is 201 Å². The molecule has 3 fully saturated rings. The molecule has 3 aliphatic rings. The van der Waals surface area contributed by atoms with Gasteiger partial charge < -0.3 is 44.6 Å². The second-order valence-corrected chi connectivity index (χ2v) is 15.4. The van der Waals surface area contributed by atoms with Crippen LogP contribution in [0.1, 0.15) is 70.8 Å². The number of phenols is 1. The summed E-state index contributed by atoms with van der Waals surface area (Å²) in [6.45, 7) is 4.01. The lowest BCUT2D eigenvalue weighted by atomic mass is 9.86. The largest absolute Gasteiger partial charge is 0.506 e. The van der Waals surface area contributed by atoms with Crippen LogP contribution in [0.15, 0.2) is 112 Å². The number of aliphatic hydroxyl groups is 1. The number of pyridine rings is 1. The standard InChI is InChI=1S/C46H48N6O9/c53-37-17-15-35(36-16-18-40(55)48-43(36)37)38(54)26-47-21-4-5-24-58-45(56)32-13-11-31(12-14-32)44-49-41(61-51-44)28-59-34-10-6-9-33(25-34)42(30-7-2-1-3-8-30)50-46(57)60-39-27-52-22-19-29(39)20-23-52/h1-3,6-18,25,29,38-39,42,47,53-54H,4-5,19-24,26-28H2,(H,48,55)(H,50,57)/t38-,39+,42?/m1/s1. The van der Waals surface area contributed by atoms with Crippen molar-refractivity contribution in [1.82, 2.24) is 30.7 Å². The number of phenolic OH excluding ortho intramolecular Hbond substituents is 1. The predicted octanol–water partition coefficient (Wildman–Crippen LogP) is 6.03. The highest BCUT2D eigenvalue weighted by molar-refractivity contribution is 5.90. The van der Waals surface area contributed by atoms with E-state index < -0.39 is 24.2 Å². The number of benzene rings is 4. The van der Waals surface area contributed by atoms with Crippen LogP contribution in [0.4, 0.5) is 4.79 Å². The molecular formula is C46H48N6O9. The van der Waals surface area contributed by atoms with E-state index in [4.69, 9.17) is 18.7 Å². The summed E-state index contributed by atoms with van der Waals surface area (Å²) in [5.74, 6) is 1.05. The molecule has 3 aliphatic heterocycles. The minimum Gasteiger partial charge on any atom is -0.506 e. The number of fused-ring (bicyclic) bond motifs is 4. The number of amides is 1. The zero-order valence-electron chi connectivity index (χ0n) is 33.5. The highest BCUT2D eigenvalue weighted by atomic mass is 16.6. The van der Waals surface area contributed by atoms with Crippen LogP contribution >= 0.6 is 0 Å². The zero-order chi connectivity index (χ0) is 42.1. The molecule has 4 aromatic carbocycles. The number of esters is 1. The first-order chi connectivity index (χ1) is 29.8. The fourth-order valence-corrected chi connectivity index (χ4v) is 7.95. The number of ether oxygens (including phenoxy) is 3. The van der Waals surface area contributed by atoms with E-state index in [2.05, 4.69) is 30.7 Å². The normalized spacial score (nSPS) is 18.0. The van der Waals surface area contributed by atoms with Gasteiger partial charge in [0, 0.05) is 30.1 Å². The Morgan fingerprint density at radius 1 is 0.934 bits per heavy atom. The molecule has 15 heteroatoms. The molecule has 1 amide bonds. The number of nitrogens with one attached hydrogen (secondary N) is 3. The number of aromatic nitrogens is 3. The maximum absolute atomic E-state index is 13.2. The van der Waals surface area contributed by atoms with Crippen LogP contribution < -0.4 is 20.9 Å². The first-order valence-corrected chi connectivity index (χ1v) is 20.6. The summed E-state index contributed by atoms with van der Waals surface area (Å²) < 4.78 is 22.9. The molecule has 0 aliphatic carbocycles. The van der Waals surface area contributed by atoms with E-state index in [9.17, 15) is 24.6 Å². The molecule has 15 nitrogen and oxygen atoms in total. The van der Waals surface area contributed by atoms with E-state index in [1.807, 2.05) is 54.6 Å². The number of H-pyrrole nitrogens is 1. The second kappa shape index (κ2) is 19.2. The number of aliphatic hydroxyl groups excluding tert-OH is 1. The minimum absolute atomic E-state index is 0.0146. The van der Waals surface area contributed by atoms with Crippen molar-refractivity contribution < 1.29 is 38.5 Å². The van der Waals surface area contributed by atoms with Gasteiger partial charge in [-0.05, 0) is 104 Å². The fourth-order valence-electron chi connectivity index (χ4n) is 7.95. The zero-order valence-corrected chi connectivity index (χ0v) is 33.5. The van der Waals surface area contributed by atoms with Gasteiger partial charge in [0.1, 0.15) is 17.6 Å². The number of piperidine rings is 3. The van der Waals surface area contributed by atoms with Crippen molar-refractivity contribution in [2.75, 3.05) is 39.3 Å². The Hall–Kier alpha value is -6.55. The van der Waals surface area contributed by atoms with Crippen LogP contribution in [0, 0.1) is 5.92 Å². The van der Waals surface area contributed by atoms with E-state index in [0.29, 0.717) is 59.0 Å². The maximum Gasteiger partial charge on any atom is 0.408 e. The Bertz CT molecular complexity index is 2480. The number of carbonyl (C=O) groups excluding carboxylic acids is 2. The van der Waals surface area contributed by atoms with Gasteiger partial charge in [-0.1, -0.05) is 65.8 Å². The lowest BCUT2D eigenvalue weighted by Gasteiger charge is -2.43. The lowest BCUT2D eigenvalue weighted by molar-refractivity contribution is -0.0336. The summed E-state index contributed by atoms with van der Waals surface area (Å²) in [6, 6.07) is 29.5. The first kappa shape index (κ1) is 41.2. The molecule has 2 aromatic heterocycles. The molecule has 5 N–H and O–H groups in total. The van der Waals surface area contributed by atoms with E-state index >= 15 is 0 Å². The molecule has 2 bridgehead atoms. The average Bonchev–Trinajstić information content (AvgIpc) is 3.77. The summed E-state index contributed by atoms with van der Waals surface area (Å²) in [5, 5.41) is 31.8. The Morgan fingerprint density at radius 3 is 2.52 bits per heavy atom. The highest BCUT2D eigenvalue weighted by Crippen LogP contribution is 2.32. The molecule has 6 aromatic rings. The third kappa shape index (κ3) is 10.3. The molecule has 61 heavy (non-hydrogen) atoms. The number of aromatic hydroxyl groups is 1. The van der Waals surface area contributed by atoms with Crippen LogP contribution in [0.2, 0.25) is 0 Å². The van der Waals surface area contributed by atoms with Crippen LogP contribution in [-0.2, 0) is 16.1 Å². The molecule has 1 unspecified atom stereocenters. The Balaban J connectivity index is 0.780. The highest BCUT2D eigenvalue weighted by Gasteiger charge is 2.37. The Morgan fingerprint density at radius 2 is 1.74 bits per heavy atom. The van der Waals surface area contributed by atoms with Crippen LogP contribution in [0.25, 0.3) is 22.3 Å². The van der Waals surface area contributed by atoms with Gasteiger partial charge in [-0.25, -0.2) is 9.59 Å². The quantitative estimate of drug-likeness (QED) is 0.0528. The summed E-state index contributed by atoms with van der Waals surface area (Å²) in [6.07, 6.45) is 2.03. The van der Waals surface area contributed by atoms with Gasteiger partial charge in [0.05, 0.1) is 29.8 Å². The van der Waals surface area contributed by atoms with E-state index in [1.165, 1.54) is 12.1 Å². The molecule has 3 atom stereocenters. The van der Waals surface area contributed by atoms with Gasteiger partial charge in [0.15, 0.2) is 6.61 Å². The summed E-state index contributed by atoms with van der Waals surface area (Å²) in [7, 11) is 0. The minimum atomic E-state index is -0.855. The molecular weight excluding hydrogens is 781 g/mol. The average molecular weight is 829 g/mol. The van der Waals surface area contributed by atoms with Crippen molar-refractivity contribution in [2.45, 2.75) is 50.5 Å². The molecule has 0 spiro atoms.